The van der Waals surface area contributed by atoms with Gasteiger partial charge in [-0.05, 0) is 48.4 Å². The van der Waals surface area contributed by atoms with Crippen molar-refractivity contribution < 1.29 is 22.7 Å². The van der Waals surface area contributed by atoms with Gasteiger partial charge in [0.1, 0.15) is 0 Å². The average Bonchev–Trinajstić information content (AvgIpc) is 2.84. The summed E-state index contributed by atoms with van der Waals surface area (Å²) < 4.78 is 39.0. The maximum Gasteiger partial charge on any atom is 0.242 e. The SMILES string of the molecule is COc1ccc(/C=N\NC(=O)C[C@H](NS(=O)(=O)c2ccc(C)cc2)c2ccccc2)cc1OC. The van der Waals surface area contributed by atoms with Crippen LogP contribution >= 0.6 is 0 Å². The number of hydrazone groups is 1. The molecule has 3 aromatic carbocycles. The maximum atomic E-state index is 12.9. The lowest BCUT2D eigenvalue weighted by molar-refractivity contribution is -0.121. The maximum absolute atomic E-state index is 12.9. The number of benzene rings is 3. The van der Waals surface area contributed by atoms with Crippen LogP contribution in [0.3, 0.4) is 0 Å². The molecule has 0 fully saturated rings. The van der Waals surface area contributed by atoms with Crippen molar-refractivity contribution in [1.29, 1.82) is 0 Å². The van der Waals surface area contributed by atoms with Gasteiger partial charge in [-0.1, -0.05) is 48.0 Å². The molecule has 1 atom stereocenters. The van der Waals surface area contributed by atoms with E-state index in [9.17, 15) is 13.2 Å². The second kappa shape index (κ2) is 11.4. The zero-order chi connectivity index (χ0) is 24.6. The summed E-state index contributed by atoms with van der Waals surface area (Å²) in [4.78, 5) is 12.7. The molecule has 0 aromatic heterocycles. The lowest BCUT2D eigenvalue weighted by Gasteiger charge is -2.18. The summed E-state index contributed by atoms with van der Waals surface area (Å²) in [5, 5.41) is 3.99. The van der Waals surface area contributed by atoms with E-state index >= 15 is 0 Å². The van der Waals surface area contributed by atoms with Gasteiger partial charge in [0.05, 0.1) is 31.4 Å². The molecule has 0 saturated heterocycles. The zero-order valence-electron chi connectivity index (χ0n) is 19.2. The highest BCUT2D eigenvalue weighted by atomic mass is 32.2. The molecule has 9 heteroatoms. The number of nitrogens with zero attached hydrogens (tertiary/aromatic N) is 1. The number of sulfonamides is 1. The van der Waals surface area contributed by atoms with Crippen LogP contribution in [0, 0.1) is 6.92 Å². The van der Waals surface area contributed by atoms with Crippen molar-refractivity contribution in [3.05, 3.63) is 89.5 Å². The van der Waals surface area contributed by atoms with Crippen molar-refractivity contribution in [1.82, 2.24) is 10.1 Å². The van der Waals surface area contributed by atoms with Gasteiger partial charge in [-0.3, -0.25) is 4.79 Å². The Labute approximate surface area is 199 Å². The Morgan fingerprint density at radius 3 is 2.29 bits per heavy atom. The van der Waals surface area contributed by atoms with Crippen molar-refractivity contribution in [3.63, 3.8) is 0 Å². The van der Waals surface area contributed by atoms with Gasteiger partial charge in [0.2, 0.25) is 15.9 Å². The second-order valence-corrected chi connectivity index (χ2v) is 9.22. The summed E-state index contributed by atoms with van der Waals surface area (Å²) in [7, 11) is -0.769. The van der Waals surface area contributed by atoms with Gasteiger partial charge in [0.25, 0.3) is 0 Å². The van der Waals surface area contributed by atoms with Crippen LogP contribution in [0.25, 0.3) is 0 Å². The van der Waals surface area contributed by atoms with E-state index in [0.717, 1.165) is 5.56 Å². The number of carbonyl (C=O) groups excluding carboxylic acids is 1. The van der Waals surface area contributed by atoms with Crippen molar-refractivity contribution in [3.8, 4) is 11.5 Å². The van der Waals surface area contributed by atoms with Crippen LogP contribution in [0.4, 0.5) is 0 Å². The summed E-state index contributed by atoms with van der Waals surface area (Å²) in [6.45, 7) is 1.88. The molecule has 0 saturated carbocycles. The highest BCUT2D eigenvalue weighted by Crippen LogP contribution is 2.27. The molecule has 0 aliphatic heterocycles. The first-order chi connectivity index (χ1) is 16.3. The Balaban J connectivity index is 1.72. The smallest absolute Gasteiger partial charge is 0.242 e. The normalized spacial score (nSPS) is 12.3. The third-order valence-electron chi connectivity index (χ3n) is 5.03. The standard InChI is InChI=1S/C25H27N3O5S/c1-18-9-12-21(13-10-18)34(30,31)28-22(20-7-5-4-6-8-20)16-25(29)27-26-17-19-11-14-23(32-2)24(15-19)33-3/h4-15,17,22,28H,16H2,1-3H3,(H,27,29)/b26-17-/t22-/m0/s1. The van der Waals surface area contributed by atoms with Crippen LogP contribution < -0.4 is 19.6 Å². The molecule has 3 rings (SSSR count). The van der Waals surface area contributed by atoms with E-state index in [1.165, 1.54) is 25.5 Å². The van der Waals surface area contributed by atoms with Crippen LogP contribution in [-0.2, 0) is 14.8 Å². The predicted molar refractivity (Wildman–Crippen MR) is 131 cm³/mol. The number of aryl methyl sites for hydroxylation is 1. The molecule has 0 spiro atoms. The minimum absolute atomic E-state index is 0.130. The number of ether oxygens (including phenoxy) is 2. The molecule has 0 aliphatic rings. The van der Waals surface area contributed by atoms with Gasteiger partial charge in [-0.15, -0.1) is 0 Å². The van der Waals surface area contributed by atoms with Gasteiger partial charge in [-0.2, -0.15) is 5.10 Å². The number of hydrogen-bond donors (Lipinski definition) is 2. The minimum Gasteiger partial charge on any atom is -0.493 e. The Bertz CT molecular complexity index is 1240. The third-order valence-corrected chi connectivity index (χ3v) is 6.52. The van der Waals surface area contributed by atoms with E-state index in [0.29, 0.717) is 22.6 Å². The summed E-state index contributed by atoms with van der Waals surface area (Å²) in [5.41, 5.74) is 4.76. The van der Waals surface area contributed by atoms with E-state index in [1.54, 1.807) is 61.7 Å². The van der Waals surface area contributed by atoms with Crippen molar-refractivity contribution in [2.75, 3.05) is 14.2 Å². The van der Waals surface area contributed by atoms with E-state index in [2.05, 4.69) is 15.2 Å². The topological polar surface area (TPSA) is 106 Å². The average molecular weight is 482 g/mol. The van der Waals surface area contributed by atoms with Crippen LogP contribution in [0.15, 0.2) is 82.8 Å². The molecule has 0 radical (unpaired) electrons. The Hall–Kier alpha value is -3.69. The Morgan fingerprint density at radius 2 is 1.65 bits per heavy atom. The van der Waals surface area contributed by atoms with Gasteiger partial charge in [0.15, 0.2) is 11.5 Å². The second-order valence-electron chi connectivity index (χ2n) is 7.51. The molecular formula is C25H27N3O5S. The summed E-state index contributed by atoms with van der Waals surface area (Å²) in [6.07, 6.45) is 1.33. The molecule has 34 heavy (non-hydrogen) atoms. The largest absolute Gasteiger partial charge is 0.493 e. The molecule has 178 valence electrons. The first kappa shape index (κ1) is 24.9. The fourth-order valence-electron chi connectivity index (χ4n) is 3.23. The highest BCUT2D eigenvalue weighted by molar-refractivity contribution is 7.89. The summed E-state index contributed by atoms with van der Waals surface area (Å²) in [5.74, 6) is 0.667. The Morgan fingerprint density at radius 1 is 0.971 bits per heavy atom. The van der Waals surface area contributed by atoms with E-state index in [-0.39, 0.29) is 11.3 Å². The molecule has 2 N–H and O–H groups in total. The molecule has 0 unspecified atom stereocenters. The van der Waals surface area contributed by atoms with E-state index in [1.807, 2.05) is 13.0 Å². The number of methoxy groups -OCH3 is 2. The molecule has 0 aliphatic carbocycles. The van der Waals surface area contributed by atoms with Crippen molar-refractivity contribution in [2.45, 2.75) is 24.3 Å². The number of hydrogen-bond acceptors (Lipinski definition) is 6. The lowest BCUT2D eigenvalue weighted by Crippen LogP contribution is -2.32. The molecule has 0 bridgehead atoms. The monoisotopic (exact) mass is 481 g/mol. The number of amides is 1. The lowest BCUT2D eigenvalue weighted by atomic mass is 10.0. The van der Waals surface area contributed by atoms with Crippen LogP contribution in [0.5, 0.6) is 11.5 Å². The fraction of sp³-hybridized carbons (Fsp3) is 0.200. The highest BCUT2D eigenvalue weighted by Gasteiger charge is 2.23. The summed E-state index contributed by atoms with van der Waals surface area (Å²) >= 11 is 0. The van der Waals surface area contributed by atoms with Gasteiger partial charge < -0.3 is 9.47 Å². The third kappa shape index (κ3) is 6.66. The minimum atomic E-state index is -3.84. The predicted octanol–water partition coefficient (Wildman–Crippen LogP) is 3.57. The number of carbonyl (C=O) groups is 1. The zero-order valence-corrected chi connectivity index (χ0v) is 20.0. The first-order valence-electron chi connectivity index (χ1n) is 10.5. The molecule has 8 nitrogen and oxygen atoms in total. The van der Waals surface area contributed by atoms with Gasteiger partial charge in [-0.25, -0.2) is 18.6 Å². The first-order valence-corrected chi connectivity index (χ1v) is 12.0. The van der Waals surface area contributed by atoms with E-state index < -0.39 is 22.0 Å². The van der Waals surface area contributed by atoms with E-state index in [4.69, 9.17) is 9.47 Å². The number of nitrogens with one attached hydrogen (secondary N) is 2. The van der Waals surface area contributed by atoms with Crippen LogP contribution in [-0.4, -0.2) is 34.8 Å². The molecule has 0 heterocycles. The molecule has 1 amide bonds. The molecule has 3 aromatic rings. The fourth-order valence-corrected chi connectivity index (χ4v) is 4.45. The summed E-state index contributed by atoms with van der Waals surface area (Å²) in [6, 6.07) is 19.9. The van der Waals surface area contributed by atoms with Crippen LogP contribution in [0.1, 0.15) is 29.2 Å². The quantitative estimate of drug-likeness (QED) is 0.340. The van der Waals surface area contributed by atoms with Crippen LogP contribution in [0.2, 0.25) is 0 Å². The Kier molecular flexibility index (Phi) is 8.39. The molecular weight excluding hydrogens is 454 g/mol. The van der Waals surface area contributed by atoms with Gasteiger partial charge >= 0.3 is 0 Å². The van der Waals surface area contributed by atoms with Gasteiger partial charge in [0, 0.05) is 6.42 Å². The number of rotatable bonds is 10. The van der Waals surface area contributed by atoms with Crippen molar-refractivity contribution >= 4 is 22.1 Å². The van der Waals surface area contributed by atoms with Crippen molar-refractivity contribution in [2.24, 2.45) is 5.10 Å².